The minimum absolute atomic E-state index is 0.129. The SMILES string of the molecule is C[C@@H]1CN(c2ccccc2NC(=O)N2CCN(c3ccc([N+](=O)[O-])nc3)CC2)C[C@@H](C)O1. The molecule has 1 aromatic carbocycles. The van der Waals surface area contributed by atoms with E-state index < -0.39 is 4.92 Å². The molecule has 4 rings (SSSR count). The Morgan fingerprint density at radius 3 is 2.38 bits per heavy atom. The van der Waals surface area contributed by atoms with E-state index in [9.17, 15) is 14.9 Å². The molecular formula is C22H28N6O4. The second-order valence-corrected chi connectivity index (χ2v) is 8.22. The average Bonchev–Trinajstić information content (AvgIpc) is 2.79. The molecule has 1 N–H and O–H groups in total. The maximum absolute atomic E-state index is 13.0. The zero-order chi connectivity index (χ0) is 22.7. The zero-order valence-corrected chi connectivity index (χ0v) is 18.3. The van der Waals surface area contributed by atoms with Crippen LogP contribution in [-0.4, -0.2) is 72.3 Å². The first kappa shape index (κ1) is 21.8. The van der Waals surface area contributed by atoms with Gasteiger partial charge in [-0.3, -0.25) is 0 Å². The van der Waals surface area contributed by atoms with Gasteiger partial charge < -0.3 is 34.9 Å². The fraction of sp³-hybridized carbons (Fsp3) is 0.455. The number of morpholine rings is 1. The molecule has 0 aliphatic carbocycles. The van der Waals surface area contributed by atoms with Gasteiger partial charge in [0.05, 0.1) is 29.3 Å². The number of hydrogen-bond donors (Lipinski definition) is 1. The molecule has 0 saturated carbocycles. The number of nitro groups is 1. The van der Waals surface area contributed by atoms with Crippen LogP contribution in [0.4, 0.5) is 27.7 Å². The molecule has 1 aromatic heterocycles. The van der Waals surface area contributed by atoms with Gasteiger partial charge in [0.1, 0.15) is 0 Å². The van der Waals surface area contributed by atoms with E-state index in [1.807, 2.05) is 24.3 Å². The number of aromatic nitrogens is 1. The highest BCUT2D eigenvalue weighted by molar-refractivity contribution is 5.93. The van der Waals surface area contributed by atoms with Gasteiger partial charge in [-0.05, 0) is 42.0 Å². The minimum atomic E-state index is -0.512. The smallest absolute Gasteiger partial charge is 0.363 e. The lowest BCUT2D eigenvalue weighted by molar-refractivity contribution is -0.389. The summed E-state index contributed by atoms with van der Waals surface area (Å²) < 4.78 is 5.84. The van der Waals surface area contributed by atoms with Crippen molar-refractivity contribution >= 4 is 28.9 Å². The molecule has 32 heavy (non-hydrogen) atoms. The van der Waals surface area contributed by atoms with Crippen LogP contribution < -0.4 is 15.1 Å². The van der Waals surface area contributed by atoms with Crippen LogP contribution in [0.5, 0.6) is 0 Å². The number of urea groups is 1. The summed E-state index contributed by atoms with van der Waals surface area (Å²) in [6, 6.07) is 10.8. The standard InChI is InChI=1S/C22H28N6O4/c1-16-14-27(15-17(2)32-16)20-6-4-3-5-19(20)24-22(29)26-11-9-25(10-12-26)18-7-8-21(23-13-18)28(30)31/h3-8,13,16-17H,9-12,14-15H2,1-2H3,(H,24,29)/t16-,17-/m1/s1. The molecule has 170 valence electrons. The molecule has 0 unspecified atom stereocenters. The molecule has 2 amide bonds. The number of hydrogen-bond acceptors (Lipinski definition) is 7. The van der Waals surface area contributed by atoms with Crippen molar-refractivity contribution < 1.29 is 14.5 Å². The minimum Gasteiger partial charge on any atom is -0.372 e. The number of pyridine rings is 1. The molecular weight excluding hydrogens is 412 g/mol. The first-order chi connectivity index (χ1) is 15.4. The van der Waals surface area contributed by atoms with E-state index in [0.717, 1.165) is 30.2 Å². The number of ether oxygens (including phenoxy) is 1. The van der Waals surface area contributed by atoms with Crippen LogP contribution in [-0.2, 0) is 4.74 Å². The van der Waals surface area contributed by atoms with E-state index in [2.05, 4.69) is 33.9 Å². The Kier molecular flexibility index (Phi) is 6.40. The summed E-state index contributed by atoms with van der Waals surface area (Å²) in [6.07, 6.45) is 1.77. The van der Waals surface area contributed by atoms with Crippen LogP contribution in [0.1, 0.15) is 13.8 Å². The summed E-state index contributed by atoms with van der Waals surface area (Å²) in [5.41, 5.74) is 2.61. The number of amides is 2. The summed E-state index contributed by atoms with van der Waals surface area (Å²) in [7, 11) is 0. The Labute approximate surface area is 186 Å². The number of anilines is 3. The van der Waals surface area contributed by atoms with Crippen LogP contribution in [0.2, 0.25) is 0 Å². The van der Waals surface area contributed by atoms with Gasteiger partial charge in [-0.2, -0.15) is 0 Å². The molecule has 0 radical (unpaired) electrons. The predicted molar refractivity (Wildman–Crippen MR) is 122 cm³/mol. The number of para-hydroxylation sites is 2. The number of carbonyl (C=O) groups excluding carboxylic acids is 1. The van der Waals surface area contributed by atoms with Gasteiger partial charge in [0.25, 0.3) is 0 Å². The first-order valence-corrected chi connectivity index (χ1v) is 10.8. The third-order valence-corrected chi connectivity index (χ3v) is 5.76. The Hall–Kier alpha value is -3.40. The van der Waals surface area contributed by atoms with E-state index in [-0.39, 0.29) is 24.1 Å². The molecule has 2 fully saturated rings. The van der Waals surface area contributed by atoms with Crippen molar-refractivity contribution in [1.82, 2.24) is 9.88 Å². The van der Waals surface area contributed by atoms with Gasteiger partial charge in [-0.25, -0.2) is 4.79 Å². The van der Waals surface area contributed by atoms with E-state index in [1.165, 1.54) is 12.3 Å². The Balaban J connectivity index is 1.37. The molecule has 10 nitrogen and oxygen atoms in total. The molecule has 2 aliphatic rings. The lowest BCUT2D eigenvalue weighted by atomic mass is 10.1. The van der Waals surface area contributed by atoms with Gasteiger partial charge >= 0.3 is 11.8 Å². The third kappa shape index (κ3) is 4.91. The number of nitrogens with one attached hydrogen (secondary N) is 1. The van der Waals surface area contributed by atoms with E-state index in [4.69, 9.17) is 4.74 Å². The van der Waals surface area contributed by atoms with Crippen LogP contribution in [0.3, 0.4) is 0 Å². The molecule has 2 aliphatic heterocycles. The van der Waals surface area contributed by atoms with Crippen molar-refractivity contribution in [1.29, 1.82) is 0 Å². The summed E-state index contributed by atoms with van der Waals surface area (Å²) in [5, 5.41) is 13.9. The van der Waals surface area contributed by atoms with Gasteiger partial charge in [-0.15, -0.1) is 0 Å². The van der Waals surface area contributed by atoms with Crippen LogP contribution >= 0.6 is 0 Å². The normalized spacial score (nSPS) is 21.4. The zero-order valence-electron chi connectivity index (χ0n) is 18.3. The van der Waals surface area contributed by atoms with Gasteiger partial charge in [-0.1, -0.05) is 12.1 Å². The molecule has 3 heterocycles. The van der Waals surface area contributed by atoms with Crippen molar-refractivity contribution in [3.8, 4) is 0 Å². The lowest BCUT2D eigenvalue weighted by Gasteiger charge is -2.38. The Morgan fingerprint density at radius 2 is 1.75 bits per heavy atom. The van der Waals surface area contributed by atoms with E-state index >= 15 is 0 Å². The van der Waals surface area contributed by atoms with Crippen molar-refractivity contribution in [2.24, 2.45) is 0 Å². The number of piperazine rings is 1. The van der Waals surface area contributed by atoms with Gasteiger partial charge in [0, 0.05) is 45.3 Å². The lowest BCUT2D eigenvalue weighted by Crippen LogP contribution is -2.50. The van der Waals surface area contributed by atoms with Crippen molar-refractivity contribution in [2.75, 3.05) is 54.4 Å². The predicted octanol–water partition coefficient (Wildman–Crippen LogP) is 2.96. The van der Waals surface area contributed by atoms with Crippen molar-refractivity contribution in [3.63, 3.8) is 0 Å². The molecule has 10 heteroatoms. The molecule has 2 atom stereocenters. The topological polar surface area (TPSA) is 104 Å². The average molecular weight is 441 g/mol. The second-order valence-electron chi connectivity index (χ2n) is 8.22. The number of carbonyl (C=O) groups is 1. The van der Waals surface area contributed by atoms with Crippen molar-refractivity contribution in [3.05, 3.63) is 52.7 Å². The number of nitrogens with zero attached hydrogens (tertiary/aromatic N) is 5. The Morgan fingerprint density at radius 1 is 1.06 bits per heavy atom. The molecule has 0 bridgehead atoms. The van der Waals surface area contributed by atoms with Crippen LogP contribution in [0, 0.1) is 10.1 Å². The highest BCUT2D eigenvalue weighted by atomic mass is 16.6. The fourth-order valence-electron chi connectivity index (χ4n) is 4.26. The molecule has 0 spiro atoms. The Bertz CT molecular complexity index is 951. The summed E-state index contributed by atoms with van der Waals surface area (Å²) in [4.78, 5) is 33.2. The molecule has 2 aromatic rings. The summed E-state index contributed by atoms with van der Waals surface area (Å²) in [5.74, 6) is -0.172. The molecule has 2 saturated heterocycles. The fourth-order valence-corrected chi connectivity index (χ4v) is 4.26. The summed E-state index contributed by atoms with van der Waals surface area (Å²) in [6.45, 7) is 8.04. The highest BCUT2D eigenvalue weighted by Crippen LogP contribution is 2.29. The van der Waals surface area contributed by atoms with Crippen molar-refractivity contribution in [2.45, 2.75) is 26.1 Å². The highest BCUT2D eigenvalue weighted by Gasteiger charge is 2.26. The van der Waals surface area contributed by atoms with Gasteiger partial charge in [0.15, 0.2) is 6.20 Å². The summed E-state index contributed by atoms with van der Waals surface area (Å²) >= 11 is 0. The maximum atomic E-state index is 13.0. The van der Waals surface area contributed by atoms with Gasteiger partial charge in [0.2, 0.25) is 0 Å². The van der Waals surface area contributed by atoms with Crippen LogP contribution in [0.15, 0.2) is 42.6 Å². The monoisotopic (exact) mass is 440 g/mol. The second kappa shape index (κ2) is 9.39. The number of benzene rings is 1. The maximum Gasteiger partial charge on any atom is 0.363 e. The first-order valence-electron chi connectivity index (χ1n) is 10.8. The third-order valence-electron chi connectivity index (χ3n) is 5.76. The van der Waals surface area contributed by atoms with Crippen LogP contribution in [0.25, 0.3) is 0 Å². The van der Waals surface area contributed by atoms with E-state index in [0.29, 0.717) is 26.2 Å². The number of rotatable bonds is 4. The van der Waals surface area contributed by atoms with E-state index in [1.54, 1.807) is 11.0 Å². The quantitative estimate of drug-likeness (QED) is 0.576. The largest absolute Gasteiger partial charge is 0.372 e.